The third-order valence-electron chi connectivity index (χ3n) is 9.30. The minimum absolute atomic E-state index is 0.0930. The molecule has 0 radical (unpaired) electrons. The first-order valence-electron chi connectivity index (χ1n) is 17.6. The summed E-state index contributed by atoms with van der Waals surface area (Å²) < 4.78 is 17.2. The van der Waals surface area contributed by atoms with Crippen LogP contribution < -0.4 is 9.47 Å². The van der Waals surface area contributed by atoms with Crippen LogP contribution in [-0.2, 0) is 17.8 Å². The molecule has 1 aliphatic heterocycles. The van der Waals surface area contributed by atoms with Gasteiger partial charge in [-0.15, -0.1) is 0 Å². The van der Waals surface area contributed by atoms with Gasteiger partial charge in [-0.25, -0.2) is 0 Å². The number of benzene rings is 1. The highest BCUT2D eigenvalue weighted by Gasteiger charge is 2.25. The molecule has 3 rings (SSSR count). The van der Waals surface area contributed by atoms with Gasteiger partial charge >= 0.3 is 0 Å². The number of hydrogen-bond donors (Lipinski definition) is 0. The molecule has 1 aliphatic rings. The molecule has 0 fully saturated rings. The average Bonchev–Trinajstić information content (AvgIpc) is 3.51. The number of furan rings is 1. The van der Waals surface area contributed by atoms with Gasteiger partial charge in [0.25, 0.3) is 0 Å². The molecule has 0 saturated carbocycles. The van der Waals surface area contributed by atoms with Crippen LogP contribution in [0.2, 0.25) is 0 Å². The molecule has 5 heteroatoms. The van der Waals surface area contributed by atoms with E-state index in [1.165, 1.54) is 82.6 Å². The molecule has 1 aromatic carbocycles. The summed E-state index contributed by atoms with van der Waals surface area (Å²) in [5, 5.41) is 0. The lowest BCUT2D eigenvalue weighted by molar-refractivity contribution is -0.124. The van der Waals surface area contributed by atoms with Gasteiger partial charge in [-0.2, -0.15) is 0 Å². The molecule has 0 amide bonds. The number of nitrogens with zero attached hydrogens (tertiary/aromatic N) is 1. The molecule has 3 atom stereocenters. The smallest absolute Gasteiger partial charge is 0.161 e. The maximum atomic E-state index is 13.2. The van der Waals surface area contributed by atoms with E-state index >= 15 is 0 Å². The Bertz CT molecular complexity index is 1000. The van der Waals surface area contributed by atoms with Gasteiger partial charge in [0.2, 0.25) is 0 Å². The maximum Gasteiger partial charge on any atom is 0.161 e. The third-order valence-corrected chi connectivity index (χ3v) is 9.30. The lowest BCUT2D eigenvalue weighted by Gasteiger charge is -2.28. The van der Waals surface area contributed by atoms with E-state index in [4.69, 9.17) is 13.9 Å². The van der Waals surface area contributed by atoms with Crippen molar-refractivity contribution in [1.82, 2.24) is 4.90 Å². The third kappa shape index (κ3) is 13.9. The number of carbonyl (C=O) groups is 1. The fraction of sp³-hybridized carbons (Fsp3) is 0.711. The Morgan fingerprint density at radius 1 is 0.837 bits per heavy atom. The quantitative estimate of drug-likeness (QED) is 0.113. The van der Waals surface area contributed by atoms with Crippen LogP contribution in [0.4, 0.5) is 0 Å². The topological polar surface area (TPSA) is 51.9 Å². The molecule has 5 nitrogen and oxygen atoms in total. The number of fused-ring (bicyclic) bond motifs is 1. The van der Waals surface area contributed by atoms with E-state index in [-0.39, 0.29) is 5.92 Å². The molecule has 0 aliphatic carbocycles. The van der Waals surface area contributed by atoms with Gasteiger partial charge < -0.3 is 13.9 Å². The van der Waals surface area contributed by atoms with Gasteiger partial charge in [0.1, 0.15) is 24.8 Å². The highest BCUT2D eigenvalue weighted by Crippen LogP contribution is 2.33. The number of ether oxygens (including phenoxy) is 2. The molecule has 0 bridgehead atoms. The van der Waals surface area contributed by atoms with Crippen molar-refractivity contribution < 1.29 is 18.7 Å². The second-order valence-electron chi connectivity index (χ2n) is 13.3. The van der Waals surface area contributed by atoms with Crippen molar-refractivity contribution in [1.29, 1.82) is 0 Å². The molecular formula is C38H61NO4. The monoisotopic (exact) mass is 595 g/mol. The highest BCUT2D eigenvalue weighted by molar-refractivity contribution is 5.80. The van der Waals surface area contributed by atoms with Gasteiger partial charge in [-0.05, 0) is 68.0 Å². The normalized spacial score (nSPS) is 15.0. The van der Waals surface area contributed by atoms with Crippen molar-refractivity contribution in [2.45, 2.75) is 130 Å². The summed E-state index contributed by atoms with van der Waals surface area (Å²) >= 11 is 0. The number of Topliss-reactive ketones (excluding diaryl/α,β-unsaturated/α-hetero) is 1. The van der Waals surface area contributed by atoms with E-state index < -0.39 is 0 Å². The average molecular weight is 596 g/mol. The van der Waals surface area contributed by atoms with Crippen LogP contribution in [-0.4, -0.2) is 37.5 Å². The number of rotatable bonds is 24. The van der Waals surface area contributed by atoms with Gasteiger partial charge in [0, 0.05) is 18.9 Å². The molecule has 0 spiro atoms. The van der Waals surface area contributed by atoms with Crippen molar-refractivity contribution in [2.75, 3.05) is 26.8 Å². The zero-order valence-corrected chi connectivity index (χ0v) is 27.9. The Balaban J connectivity index is 1.39. The Morgan fingerprint density at radius 2 is 1.47 bits per heavy atom. The van der Waals surface area contributed by atoms with Gasteiger partial charge in [-0.1, -0.05) is 104 Å². The van der Waals surface area contributed by atoms with E-state index in [0.29, 0.717) is 30.8 Å². The van der Waals surface area contributed by atoms with Crippen molar-refractivity contribution >= 4 is 5.78 Å². The summed E-state index contributed by atoms with van der Waals surface area (Å²) in [6.45, 7) is 9.64. The summed E-state index contributed by atoms with van der Waals surface area (Å²) in [6.07, 6.45) is 21.8. The second kappa shape index (κ2) is 20.6. The fourth-order valence-electron chi connectivity index (χ4n) is 6.54. The number of ketones is 1. The SMILES string of the molecule is CCCCCCCCCCCCCCCC(=O)C(C)C(C)C[C@@H](Cc1ccc2c(c1)OCCO2)CN(C)Cc1ccco1. The summed E-state index contributed by atoms with van der Waals surface area (Å²) in [5.41, 5.74) is 1.26. The number of carbonyl (C=O) groups excluding carboxylic acids is 1. The Hall–Kier alpha value is -2.27. The molecule has 0 N–H and O–H groups in total. The maximum absolute atomic E-state index is 13.2. The zero-order chi connectivity index (χ0) is 30.7. The Morgan fingerprint density at radius 3 is 2.09 bits per heavy atom. The van der Waals surface area contributed by atoms with E-state index in [1.54, 1.807) is 6.26 Å². The van der Waals surface area contributed by atoms with Crippen LogP contribution in [0.1, 0.15) is 128 Å². The standard InChI is InChI=1S/C38H61NO4/c1-5-6-7-8-9-10-11-12-13-14-15-16-17-20-36(40)32(3)31(2)26-34(29-39(4)30-35-19-18-23-41-35)27-33-21-22-37-38(28-33)43-25-24-42-37/h18-19,21-23,28,31-32,34H,5-17,20,24-27,29-30H2,1-4H3/t31?,32?,34-/m0/s1. The molecule has 2 aromatic rings. The van der Waals surface area contributed by atoms with Crippen LogP contribution in [0.5, 0.6) is 11.5 Å². The van der Waals surface area contributed by atoms with Crippen molar-refractivity contribution in [3.8, 4) is 11.5 Å². The minimum atomic E-state index is 0.0930. The van der Waals surface area contributed by atoms with Crippen molar-refractivity contribution in [3.05, 3.63) is 47.9 Å². The Labute approximate surface area is 263 Å². The molecule has 0 saturated heterocycles. The molecule has 2 heterocycles. The van der Waals surface area contributed by atoms with E-state index in [2.05, 4.69) is 44.9 Å². The molecule has 1 aromatic heterocycles. The summed E-state index contributed by atoms with van der Waals surface area (Å²) in [7, 11) is 2.16. The number of unbranched alkanes of at least 4 members (excludes halogenated alkanes) is 12. The minimum Gasteiger partial charge on any atom is -0.486 e. The summed E-state index contributed by atoms with van der Waals surface area (Å²) in [6, 6.07) is 10.3. The number of hydrogen-bond acceptors (Lipinski definition) is 5. The lowest BCUT2D eigenvalue weighted by atomic mass is 9.81. The summed E-state index contributed by atoms with van der Waals surface area (Å²) in [5.74, 6) is 3.96. The second-order valence-corrected chi connectivity index (χ2v) is 13.3. The van der Waals surface area contributed by atoms with Gasteiger partial charge in [0.15, 0.2) is 11.5 Å². The predicted molar refractivity (Wildman–Crippen MR) is 178 cm³/mol. The molecule has 43 heavy (non-hydrogen) atoms. The largest absolute Gasteiger partial charge is 0.486 e. The first-order chi connectivity index (χ1) is 21.0. The predicted octanol–water partition coefficient (Wildman–Crippen LogP) is 10.1. The van der Waals surface area contributed by atoms with Gasteiger partial charge in [0.05, 0.1) is 12.8 Å². The van der Waals surface area contributed by atoms with Crippen LogP contribution in [0.15, 0.2) is 41.0 Å². The van der Waals surface area contributed by atoms with Crippen LogP contribution >= 0.6 is 0 Å². The first kappa shape index (κ1) is 35.2. The van der Waals surface area contributed by atoms with Crippen LogP contribution in [0.25, 0.3) is 0 Å². The summed E-state index contributed by atoms with van der Waals surface area (Å²) in [4.78, 5) is 15.5. The Kier molecular flexibility index (Phi) is 16.9. The van der Waals surface area contributed by atoms with Crippen LogP contribution in [0, 0.1) is 17.8 Å². The van der Waals surface area contributed by atoms with Crippen molar-refractivity contribution in [3.63, 3.8) is 0 Å². The lowest BCUT2D eigenvalue weighted by Crippen LogP contribution is -2.30. The first-order valence-corrected chi connectivity index (χ1v) is 17.6. The van der Waals surface area contributed by atoms with E-state index in [0.717, 1.165) is 56.0 Å². The van der Waals surface area contributed by atoms with E-state index in [1.807, 2.05) is 18.2 Å². The van der Waals surface area contributed by atoms with Crippen LogP contribution in [0.3, 0.4) is 0 Å². The molecule has 2 unspecified atom stereocenters. The fourth-order valence-corrected chi connectivity index (χ4v) is 6.54. The zero-order valence-electron chi connectivity index (χ0n) is 27.9. The molecular weight excluding hydrogens is 534 g/mol. The molecule has 242 valence electrons. The van der Waals surface area contributed by atoms with Gasteiger partial charge in [-0.3, -0.25) is 9.69 Å². The van der Waals surface area contributed by atoms with E-state index in [9.17, 15) is 4.79 Å². The highest BCUT2D eigenvalue weighted by atomic mass is 16.6. The van der Waals surface area contributed by atoms with Crippen molar-refractivity contribution in [2.24, 2.45) is 17.8 Å².